The van der Waals surface area contributed by atoms with Crippen molar-refractivity contribution in [3.63, 3.8) is 0 Å². The molecule has 1 aliphatic heterocycles. The second-order valence-electron chi connectivity index (χ2n) is 5.47. The Morgan fingerprint density at radius 1 is 1.12 bits per heavy atom. The van der Waals surface area contributed by atoms with Gasteiger partial charge in [-0.25, -0.2) is 9.97 Å². The van der Waals surface area contributed by atoms with E-state index in [1.54, 1.807) is 34.1 Å². The number of carbonyl (C=O) groups excluding carboxylic acids is 2. The molecule has 3 rings (SSSR count). The number of piperazine rings is 1. The van der Waals surface area contributed by atoms with Gasteiger partial charge in [-0.05, 0) is 18.2 Å². The SMILES string of the molecule is O=CN1CCN(C(=O)c2cc(Nc3cc(Cl)ccc3Cl)ncn2)CC1. The molecule has 9 heteroatoms. The monoisotopic (exact) mass is 379 g/mol. The first-order valence-electron chi connectivity index (χ1n) is 7.59. The number of nitrogens with zero attached hydrogens (tertiary/aromatic N) is 4. The number of anilines is 2. The number of aromatic nitrogens is 2. The van der Waals surface area contributed by atoms with Crippen LogP contribution in [-0.2, 0) is 4.79 Å². The number of halogens is 2. The quantitative estimate of drug-likeness (QED) is 0.825. The Hall–Kier alpha value is -2.38. The number of carbonyl (C=O) groups is 2. The predicted octanol–water partition coefficient (Wildman–Crippen LogP) is 2.44. The van der Waals surface area contributed by atoms with Crippen LogP contribution in [0.2, 0.25) is 10.0 Å². The fourth-order valence-corrected chi connectivity index (χ4v) is 2.80. The zero-order valence-corrected chi connectivity index (χ0v) is 14.7. The summed E-state index contributed by atoms with van der Waals surface area (Å²) in [7, 11) is 0. The molecule has 2 aromatic rings. The first-order chi connectivity index (χ1) is 12.1. The Kier molecular flexibility index (Phi) is 5.35. The van der Waals surface area contributed by atoms with Gasteiger partial charge in [-0.1, -0.05) is 23.2 Å². The number of amides is 2. The van der Waals surface area contributed by atoms with Crippen molar-refractivity contribution in [3.8, 4) is 0 Å². The third-order valence-electron chi connectivity index (χ3n) is 3.83. The number of rotatable bonds is 4. The van der Waals surface area contributed by atoms with Crippen molar-refractivity contribution in [2.45, 2.75) is 0 Å². The Morgan fingerprint density at radius 2 is 1.88 bits per heavy atom. The molecule has 1 N–H and O–H groups in total. The first-order valence-corrected chi connectivity index (χ1v) is 8.35. The van der Waals surface area contributed by atoms with E-state index in [1.165, 1.54) is 6.33 Å². The normalized spacial score (nSPS) is 14.3. The molecule has 0 saturated carbocycles. The van der Waals surface area contributed by atoms with Gasteiger partial charge in [0, 0.05) is 37.3 Å². The van der Waals surface area contributed by atoms with E-state index in [4.69, 9.17) is 23.2 Å². The summed E-state index contributed by atoms with van der Waals surface area (Å²) >= 11 is 12.1. The second-order valence-corrected chi connectivity index (χ2v) is 6.31. The van der Waals surface area contributed by atoms with Gasteiger partial charge in [0.2, 0.25) is 6.41 Å². The molecule has 7 nitrogen and oxygen atoms in total. The molecular formula is C16H15Cl2N5O2. The third kappa shape index (κ3) is 4.18. The maximum Gasteiger partial charge on any atom is 0.272 e. The third-order valence-corrected chi connectivity index (χ3v) is 4.39. The van der Waals surface area contributed by atoms with Crippen LogP contribution in [0.3, 0.4) is 0 Å². The molecule has 2 heterocycles. The molecule has 1 aliphatic rings. The van der Waals surface area contributed by atoms with E-state index in [0.717, 1.165) is 6.41 Å². The average molecular weight is 380 g/mol. The molecule has 1 saturated heterocycles. The van der Waals surface area contributed by atoms with Crippen molar-refractivity contribution in [1.82, 2.24) is 19.8 Å². The Labute approximate surface area is 154 Å². The summed E-state index contributed by atoms with van der Waals surface area (Å²) in [6, 6.07) is 6.59. The molecule has 1 aromatic heterocycles. The Morgan fingerprint density at radius 3 is 2.60 bits per heavy atom. The van der Waals surface area contributed by atoms with Crippen molar-refractivity contribution in [2.75, 3.05) is 31.5 Å². The lowest BCUT2D eigenvalue weighted by molar-refractivity contribution is -0.119. The Bertz CT molecular complexity index is 794. The van der Waals surface area contributed by atoms with Crippen molar-refractivity contribution in [3.05, 3.63) is 46.3 Å². The van der Waals surface area contributed by atoms with E-state index >= 15 is 0 Å². The maximum atomic E-state index is 12.6. The summed E-state index contributed by atoms with van der Waals surface area (Å²) in [4.78, 5) is 34.8. The summed E-state index contributed by atoms with van der Waals surface area (Å²) in [5.74, 6) is 0.238. The molecule has 0 spiro atoms. The summed E-state index contributed by atoms with van der Waals surface area (Å²) in [5.41, 5.74) is 0.862. The summed E-state index contributed by atoms with van der Waals surface area (Å²) in [6.45, 7) is 1.99. The van der Waals surface area contributed by atoms with Crippen LogP contribution < -0.4 is 5.32 Å². The number of hydrogen-bond donors (Lipinski definition) is 1. The van der Waals surface area contributed by atoms with Gasteiger partial charge in [-0.2, -0.15) is 0 Å². The number of benzene rings is 1. The van der Waals surface area contributed by atoms with Crippen LogP contribution >= 0.6 is 23.2 Å². The van der Waals surface area contributed by atoms with E-state index in [9.17, 15) is 9.59 Å². The van der Waals surface area contributed by atoms with Gasteiger partial charge < -0.3 is 15.1 Å². The zero-order valence-electron chi connectivity index (χ0n) is 13.2. The zero-order chi connectivity index (χ0) is 17.8. The van der Waals surface area contributed by atoms with Gasteiger partial charge in [0.1, 0.15) is 17.8 Å². The minimum Gasteiger partial charge on any atom is -0.342 e. The molecule has 0 radical (unpaired) electrons. The van der Waals surface area contributed by atoms with Crippen LogP contribution in [0.5, 0.6) is 0 Å². The van der Waals surface area contributed by atoms with Gasteiger partial charge in [0.25, 0.3) is 5.91 Å². The molecule has 0 unspecified atom stereocenters. The predicted molar refractivity (Wildman–Crippen MR) is 95.3 cm³/mol. The topological polar surface area (TPSA) is 78.4 Å². The largest absolute Gasteiger partial charge is 0.342 e. The van der Waals surface area contributed by atoms with E-state index < -0.39 is 0 Å². The standard InChI is InChI=1S/C16H15Cl2N5O2/c17-11-1-2-12(18)13(7-11)21-15-8-14(19-9-20-15)16(25)23-5-3-22(10-24)4-6-23/h1-2,7-10H,3-6H2,(H,19,20,21). The van der Waals surface area contributed by atoms with E-state index in [1.807, 2.05) is 0 Å². The minimum absolute atomic E-state index is 0.201. The molecule has 0 aliphatic carbocycles. The fraction of sp³-hybridized carbons (Fsp3) is 0.250. The van der Waals surface area contributed by atoms with Crippen LogP contribution in [-0.4, -0.2) is 58.3 Å². The molecule has 25 heavy (non-hydrogen) atoms. The Balaban J connectivity index is 1.74. The molecule has 2 amide bonds. The lowest BCUT2D eigenvalue weighted by Crippen LogP contribution is -2.48. The summed E-state index contributed by atoms with van der Waals surface area (Å²) < 4.78 is 0. The van der Waals surface area contributed by atoms with Gasteiger partial charge in [-0.15, -0.1) is 0 Å². The molecule has 1 fully saturated rings. The maximum absolute atomic E-state index is 12.6. The van der Waals surface area contributed by atoms with Crippen LogP contribution in [0.15, 0.2) is 30.6 Å². The first kappa shape index (κ1) is 17.4. The highest BCUT2D eigenvalue weighted by Gasteiger charge is 2.22. The highest BCUT2D eigenvalue weighted by Crippen LogP contribution is 2.27. The highest BCUT2D eigenvalue weighted by molar-refractivity contribution is 6.35. The van der Waals surface area contributed by atoms with Crippen molar-refractivity contribution >= 4 is 47.0 Å². The van der Waals surface area contributed by atoms with Crippen LogP contribution in [0, 0.1) is 0 Å². The van der Waals surface area contributed by atoms with Crippen LogP contribution in [0.4, 0.5) is 11.5 Å². The van der Waals surface area contributed by atoms with Crippen LogP contribution in [0.1, 0.15) is 10.5 Å². The van der Waals surface area contributed by atoms with Crippen molar-refractivity contribution in [1.29, 1.82) is 0 Å². The van der Waals surface area contributed by atoms with Gasteiger partial charge in [0.15, 0.2) is 0 Å². The number of nitrogens with one attached hydrogen (secondary N) is 1. The molecule has 130 valence electrons. The van der Waals surface area contributed by atoms with Gasteiger partial charge in [-0.3, -0.25) is 9.59 Å². The van der Waals surface area contributed by atoms with E-state index in [-0.39, 0.29) is 11.6 Å². The molecule has 0 atom stereocenters. The highest BCUT2D eigenvalue weighted by atomic mass is 35.5. The molecule has 0 bridgehead atoms. The van der Waals surface area contributed by atoms with Crippen molar-refractivity contribution in [2.24, 2.45) is 0 Å². The van der Waals surface area contributed by atoms with E-state index in [0.29, 0.717) is 47.7 Å². The average Bonchev–Trinajstić information content (AvgIpc) is 2.64. The van der Waals surface area contributed by atoms with E-state index in [2.05, 4.69) is 15.3 Å². The lowest BCUT2D eigenvalue weighted by atomic mass is 10.2. The summed E-state index contributed by atoms with van der Waals surface area (Å²) in [6.07, 6.45) is 2.11. The van der Waals surface area contributed by atoms with Crippen LogP contribution in [0.25, 0.3) is 0 Å². The van der Waals surface area contributed by atoms with Gasteiger partial charge >= 0.3 is 0 Å². The smallest absolute Gasteiger partial charge is 0.272 e. The minimum atomic E-state index is -0.201. The summed E-state index contributed by atoms with van der Waals surface area (Å²) in [5, 5.41) is 4.05. The number of hydrogen-bond acceptors (Lipinski definition) is 5. The molecular weight excluding hydrogens is 365 g/mol. The lowest BCUT2D eigenvalue weighted by Gasteiger charge is -2.32. The second kappa shape index (κ2) is 7.67. The van der Waals surface area contributed by atoms with Gasteiger partial charge in [0.05, 0.1) is 10.7 Å². The molecule has 1 aromatic carbocycles. The van der Waals surface area contributed by atoms with Crippen molar-refractivity contribution < 1.29 is 9.59 Å². The fourth-order valence-electron chi connectivity index (χ4n) is 2.47.